The second-order valence-corrected chi connectivity index (χ2v) is 5.01. The van der Waals surface area contributed by atoms with Gasteiger partial charge in [0, 0.05) is 12.6 Å². The molecule has 0 saturated carbocycles. The monoisotopic (exact) mass is 212 g/mol. The highest BCUT2D eigenvalue weighted by Gasteiger charge is 2.23. The number of hydrogen-bond donors (Lipinski definition) is 2. The molecule has 2 unspecified atom stereocenters. The van der Waals surface area contributed by atoms with E-state index in [1.807, 2.05) is 6.92 Å². The second kappa shape index (κ2) is 5.91. The van der Waals surface area contributed by atoms with Gasteiger partial charge in [0.25, 0.3) is 0 Å². The molecule has 0 aromatic rings. The largest absolute Gasteiger partial charge is 0.351 e. The van der Waals surface area contributed by atoms with Gasteiger partial charge in [-0.1, -0.05) is 26.8 Å². The van der Waals surface area contributed by atoms with Crippen LogP contribution in [0.2, 0.25) is 0 Å². The van der Waals surface area contributed by atoms with Crippen molar-refractivity contribution >= 4 is 5.91 Å². The molecule has 0 aliphatic carbocycles. The topological polar surface area (TPSA) is 41.1 Å². The van der Waals surface area contributed by atoms with E-state index in [-0.39, 0.29) is 17.4 Å². The maximum absolute atomic E-state index is 11.5. The van der Waals surface area contributed by atoms with Crippen LogP contribution in [0.25, 0.3) is 0 Å². The van der Waals surface area contributed by atoms with Crippen LogP contribution in [-0.2, 0) is 4.79 Å². The molecule has 3 heteroatoms. The first-order valence-corrected chi connectivity index (χ1v) is 5.43. The summed E-state index contributed by atoms with van der Waals surface area (Å²) in [7, 11) is 0. The lowest BCUT2D eigenvalue weighted by atomic mass is 9.87. The summed E-state index contributed by atoms with van der Waals surface area (Å²) in [5.41, 5.74) is 0.160. The molecule has 0 aromatic carbocycles. The number of nitrogens with one attached hydrogen (secondary N) is 2. The first-order valence-electron chi connectivity index (χ1n) is 5.43. The summed E-state index contributed by atoms with van der Waals surface area (Å²) in [4.78, 5) is 11.5. The molecule has 0 aromatic heterocycles. The zero-order valence-corrected chi connectivity index (χ0v) is 10.6. The Labute approximate surface area is 93.3 Å². The third-order valence-corrected chi connectivity index (χ3v) is 2.61. The van der Waals surface area contributed by atoms with Crippen molar-refractivity contribution in [2.75, 3.05) is 6.54 Å². The van der Waals surface area contributed by atoms with E-state index in [4.69, 9.17) is 0 Å². The fourth-order valence-electron chi connectivity index (χ4n) is 1.03. The van der Waals surface area contributed by atoms with Crippen molar-refractivity contribution in [3.63, 3.8) is 0 Å². The minimum atomic E-state index is -0.167. The van der Waals surface area contributed by atoms with Gasteiger partial charge < -0.3 is 10.6 Å². The lowest BCUT2D eigenvalue weighted by Gasteiger charge is -2.30. The predicted octanol–water partition coefficient (Wildman–Crippen LogP) is 1.70. The molecular weight excluding hydrogens is 188 g/mol. The van der Waals surface area contributed by atoms with Gasteiger partial charge in [-0.3, -0.25) is 4.79 Å². The van der Waals surface area contributed by atoms with Gasteiger partial charge >= 0.3 is 0 Å². The molecule has 0 rings (SSSR count). The first kappa shape index (κ1) is 14.2. The van der Waals surface area contributed by atoms with E-state index < -0.39 is 0 Å². The van der Waals surface area contributed by atoms with Crippen molar-refractivity contribution in [2.45, 2.75) is 46.7 Å². The molecule has 0 radical (unpaired) electrons. The van der Waals surface area contributed by atoms with Crippen LogP contribution >= 0.6 is 0 Å². The Balaban J connectivity index is 4.07. The van der Waals surface area contributed by atoms with Gasteiger partial charge in [0.1, 0.15) is 0 Å². The van der Waals surface area contributed by atoms with E-state index in [1.54, 1.807) is 6.08 Å². The van der Waals surface area contributed by atoms with Gasteiger partial charge in [-0.15, -0.1) is 6.58 Å². The number of hydrogen-bond acceptors (Lipinski definition) is 2. The summed E-state index contributed by atoms with van der Waals surface area (Å²) in [6.45, 7) is 14.5. The Morgan fingerprint density at radius 3 is 2.33 bits per heavy atom. The number of amides is 1. The highest BCUT2D eigenvalue weighted by atomic mass is 16.2. The summed E-state index contributed by atoms with van der Waals surface area (Å²) >= 11 is 0. The van der Waals surface area contributed by atoms with Gasteiger partial charge in [0.15, 0.2) is 0 Å². The van der Waals surface area contributed by atoms with E-state index in [1.165, 1.54) is 0 Å². The number of carbonyl (C=O) groups is 1. The van der Waals surface area contributed by atoms with Crippen LogP contribution in [0.15, 0.2) is 12.7 Å². The average Bonchev–Trinajstić information content (AvgIpc) is 2.12. The van der Waals surface area contributed by atoms with Crippen LogP contribution < -0.4 is 10.6 Å². The predicted molar refractivity (Wildman–Crippen MR) is 64.7 cm³/mol. The van der Waals surface area contributed by atoms with Crippen LogP contribution in [0.3, 0.4) is 0 Å². The second-order valence-electron chi connectivity index (χ2n) is 5.01. The van der Waals surface area contributed by atoms with Crippen LogP contribution in [0.5, 0.6) is 0 Å². The standard InChI is InChI=1S/C12H24N2O/c1-7-8-13-11(15)9(2)14-10(3)12(4,5)6/h7,9-10,14H,1,8H2,2-6H3,(H,13,15). The van der Waals surface area contributed by atoms with Gasteiger partial charge in [0.2, 0.25) is 5.91 Å². The molecular formula is C12H24N2O. The molecule has 3 nitrogen and oxygen atoms in total. The zero-order chi connectivity index (χ0) is 12.1. The Bertz CT molecular complexity index is 218. The molecule has 0 aliphatic heterocycles. The summed E-state index contributed by atoms with van der Waals surface area (Å²) < 4.78 is 0. The SMILES string of the molecule is C=CCNC(=O)C(C)NC(C)C(C)(C)C. The zero-order valence-electron chi connectivity index (χ0n) is 10.6. The lowest BCUT2D eigenvalue weighted by Crippen LogP contribution is -2.49. The Morgan fingerprint density at radius 1 is 1.40 bits per heavy atom. The molecule has 0 saturated heterocycles. The van der Waals surface area contributed by atoms with Crippen molar-refractivity contribution in [3.8, 4) is 0 Å². The summed E-state index contributed by atoms with van der Waals surface area (Å²) in [6, 6.07) is 0.126. The Morgan fingerprint density at radius 2 is 1.93 bits per heavy atom. The van der Waals surface area contributed by atoms with Crippen molar-refractivity contribution < 1.29 is 4.79 Å². The molecule has 0 bridgehead atoms. The van der Waals surface area contributed by atoms with Crippen LogP contribution in [0.1, 0.15) is 34.6 Å². The highest BCUT2D eigenvalue weighted by molar-refractivity contribution is 5.81. The highest BCUT2D eigenvalue weighted by Crippen LogP contribution is 2.18. The van der Waals surface area contributed by atoms with E-state index >= 15 is 0 Å². The summed E-state index contributed by atoms with van der Waals surface area (Å²) in [6.07, 6.45) is 1.68. The van der Waals surface area contributed by atoms with Gasteiger partial charge in [-0.25, -0.2) is 0 Å². The lowest BCUT2D eigenvalue weighted by molar-refractivity contribution is -0.122. The van der Waals surface area contributed by atoms with E-state index in [9.17, 15) is 4.79 Å². The summed E-state index contributed by atoms with van der Waals surface area (Å²) in [5.74, 6) is 0.0194. The smallest absolute Gasteiger partial charge is 0.237 e. The van der Waals surface area contributed by atoms with Crippen LogP contribution in [-0.4, -0.2) is 24.5 Å². The van der Waals surface area contributed by atoms with E-state index in [2.05, 4.69) is 44.9 Å². The van der Waals surface area contributed by atoms with Gasteiger partial charge in [-0.05, 0) is 19.3 Å². The molecule has 0 fully saturated rings. The van der Waals surface area contributed by atoms with Crippen molar-refractivity contribution in [1.29, 1.82) is 0 Å². The first-order chi connectivity index (χ1) is 6.79. The minimum absolute atomic E-state index is 0.0194. The molecule has 0 heterocycles. The van der Waals surface area contributed by atoms with Crippen molar-refractivity contribution in [1.82, 2.24) is 10.6 Å². The molecule has 1 amide bonds. The fourth-order valence-corrected chi connectivity index (χ4v) is 1.03. The summed E-state index contributed by atoms with van der Waals surface area (Å²) in [5, 5.41) is 6.05. The molecule has 15 heavy (non-hydrogen) atoms. The Hall–Kier alpha value is -0.830. The molecule has 2 atom stereocenters. The quantitative estimate of drug-likeness (QED) is 0.681. The third kappa shape index (κ3) is 5.57. The van der Waals surface area contributed by atoms with E-state index in [0.717, 1.165) is 0 Å². The average molecular weight is 212 g/mol. The normalized spacial score (nSPS) is 15.5. The minimum Gasteiger partial charge on any atom is -0.351 e. The molecule has 0 aliphatic rings. The maximum Gasteiger partial charge on any atom is 0.237 e. The Kier molecular flexibility index (Phi) is 5.58. The third-order valence-electron chi connectivity index (χ3n) is 2.61. The van der Waals surface area contributed by atoms with E-state index in [0.29, 0.717) is 12.6 Å². The van der Waals surface area contributed by atoms with Gasteiger partial charge in [0.05, 0.1) is 6.04 Å². The number of carbonyl (C=O) groups excluding carboxylic acids is 1. The van der Waals surface area contributed by atoms with Crippen molar-refractivity contribution in [2.24, 2.45) is 5.41 Å². The molecule has 0 spiro atoms. The van der Waals surface area contributed by atoms with Crippen LogP contribution in [0.4, 0.5) is 0 Å². The van der Waals surface area contributed by atoms with Gasteiger partial charge in [-0.2, -0.15) is 0 Å². The fraction of sp³-hybridized carbons (Fsp3) is 0.750. The molecule has 88 valence electrons. The van der Waals surface area contributed by atoms with Crippen LogP contribution in [0, 0.1) is 5.41 Å². The maximum atomic E-state index is 11.5. The number of rotatable bonds is 5. The van der Waals surface area contributed by atoms with Crippen molar-refractivity contribution in [3.05, 3.63) is 12.7 Å². The molecule has 2 N–H and O–H groups in total.